The minimum Gasteiger partial charge on any atom is -0.480 e. The van der Waals surface area contributed by atoms with Crippen molar-refractivity contribution < 1.29 is 19.7 Å². The predicted octanol–water partition coefficient (Wildman–Crippen LogP) is 0.0826. The first-order valence-electron chi connectivity index (χ1n) is 5.10. The van der Waals surface area contributed by atoms with Crippen LogP contribution in [-0.2, 0) is 9.53 Å². The Hall–Kier alpha value is -0.650. The van der Waals surface area contributed by atoms with E-state index in [1.54, 1.807) is 0 Å². The number of carbonyl (C=O) groups is 1. The van der Waals surface area contributed by atoms with Gasteiger partial charge in [0.2, 0.25) is 0 Å². The molecular weight excluding hydrogens is 198 g/mol. The van der Waals surface area contributed by atoms with Gasteiger partial charge in [-0.15, -0.1) is 0 Å². The number of aliphatic hydroxyl groups is 1. The van der Waals surface area contributed by atoms with Crippen molar-refractivity contribution in [1.29, 1.82) is 0 Å². The zero-order chi connectivity index (χ0) is 11.8. The topological polar surface area (TPSA) is 78.8 Å². The summed E-state index contributed by atoms with van der Waals surface area (Å²) in [7, 11) is 1.49. The molecule has 0 bridgehead atoms. The second-order valence-corrected chi connectivity index (χ2v) is 4.04. The van der Waals surface area contributed by atoms with Crippen molar-refractivity contribution in [2.75, 3.05) is 20.3 Å². The number of carboxylic acids is 1. The lowest BCUT2D eigenvalue weighted by molar-refractivity contribution is -0.140. The third-order valence-electron chi connectivity index (χ3n) is 1.96. The molecule has 0 radical (unpaired) electrons. The van der Waals surface area contributed by atoms with Crippen LogP contribution in [0.1, 0.15) is 20.3 Å². The number of methoxy groups -OCH3 is 1. The van der Waals surface area contributed by atoms with Crippen LogP contribution in [0.4, 0.5) is 0 Å². The van der Waals surface area contributed by atoms with Gasteiger partial charge in [-0.2, -0.15) is 0 Å². The monoisotopic (exact) mass is 219 g/mol. The summed E-state index contributed by atoms with van der Waals surface area (Å²) in [5.74, 6) is -0.577. The number of rotatable bonds is 8. The molecular formula is C10H21NO4. The first-order chi connectivity index (χ1) is 6.97. The third-order valence-corrected chi connectivity index (χ3v) is 1.96. The molecule has 0 aliphatic rings. The Kier molecular flexibility index (Phi) is 7.29. The minimum absolute atomic E-state index is 0.209. The van der Waals surface area contributed by atoms with Crippen LogP contribution < -0.4 is 5.32 Å². The maximum absolute atomic E-state index is 10.8. The highest BCUT2D eigenvalue weighted by Crippen LogP contribution is 2.04. The van der Waals surface area contributed by atoms with Gasteiger partial charge in [-0.05, 0) is 12.3 Å². The second kappa shape index (κ2) is 7.62. The number of ether oxygens (including phenoxy) is 1. The quantitative estimate of drug-likeness (QED) is 0.539. The standard InChI is InChI=1S/C10H21NO4/c1-7(2)4-9(10(13)14)11-5-8(12)6-15-3/h7-9,11-12H,4-6H2,1-3H3,(H,13,14). The average Bonchev–Trinajstić information content (AvgIpc) is 2.11. The Morgan fingerprint density at radius 2 is 2.07 bits per heavy atom. The number of hydrogen-bond donors (Lipinski definition) is 3. The van der Waals surface area contributed by atoms with Crippen molar-refractivity contribution >= 4 is 5.97 Å². The van der Waals surface area contributed by atoms with Crippen LogP contribution in [0.2, 0.25) is 0 Å². The molecule has 0 aromatic rings. The van der Waals surface area contributed by atoms with Crippen LogP contribution in [0.25, 0.3) is 0 Å². The van der Waals surface area contributed by atoms with E-state index in [0.717, 1.165) is 0 Å². The summed E-state index contributed by atoms with van der Waals surface area (Å²) in [4.78, 5) is 10.8. The van der Waals surface area contributed by atoms with Crippen LogP contribution in [0, 0.1) is 5.92 Å². The third kappa shape index (κ3) is 7.30. The van der Waals surface area contributed by atoms with E-state index in [9.17, 15) is 9.90 Å². The van der Waals surface area contributed by atoms with Crippen LogP contribution in [0.3, 0.4) is 0 Å². The molecule has 90 valence electrons. The SMILES string of the molecule is COCC(O)CNC(CC(C)C)C(=O)O. The summed E-state index contributed by atoms with van der Waals surface area (Å²) in [5, 5.41) is 21.0. The largest absolute Gasteiger partial charge is 0.480 e. The van der Waals surface area contributed by atoms with Crippen LogP contribution in [0.15, 0.2) is 0 Å². The molecule has 2 unspecified atom stereocenters. The van der Waals surface area contributed by atoms with Gasteiger partial charge in [0.15, 0.2) is 0 Å². The van der Waals surface area contributed by atoms with Crippen molar-refractivity contribution in [3.05, 3.63) is 0 Å². The van der Waals surface area contributed by atoms with Crippen molar-refractivity contribution in [2.24, 2.45) is 5.92 Å². The highest BCUT2D eigenvalue weighted by molar-refractivity contribution is 5.73. The van der Waals surface area contributed by atoms with Crippen LogP contribution >= 0.6 is 0 Å². The van der Waals surface area contributed by atoms with E-state index in [2.05, 4.69) is 5.32 Å². The number of nitrogens with one attached hydrogen (secondary N) is 1. The van der Waals surface area contributed by atoms with E-state index in [1.807, 2.05) is 13.8 Å². The molecule has 0 heterocycles. The van der Waals surface area contributed by atoms with Gasteiger partial charge in [-0.1, -0.05) is 13.8 Å². The van der Waals surface area contributed by atoms with Gasteiger partial charge in [0.05, 0.1) is 12.7 Å². The first-order valence-corrected chi connectivity index (χ1v) is 5.10. The summed E-state index contributed by atoms with van der Waals surface area (Å²) in [6.45, 7) is 4.37. The molecule has 0 saturated carbocycles. The second-order valence-electron chi connectivity index (χ2n) is 4.04. The van der Waals surface area contributed by atoms with Gasteiger partial charge < -0.3 is 20.3 Å². The van der Waals surface area contributed by atoms with Gasteiger partial charge in [-0.25, -0.2) is 0 Å². The lowest BCUT2D eigenvalue weighted by Gasteiger charge is -2.18. The van der Waals surface area contributed by atoms with Gasteiger partial charge in [0.1, 0.15) is 6.04 Å². The van der Waals surface area contributed by atoms with Gasteiger partial charge in [0, 0.05) is 13.7 Å². The predicted molar refractivity (Wildman–Crippen MR) is 56.8 cm³/mol. The lowest BCUT2D eigenvalue weighted by Crippen LogP contribution is -2.42. The Balaban J connectivity index is 3.90. The Morgan fingerprint density at radius 1 is 1.47 bits per heavy atom. The molecule has 0 aromatic heterocycles. The fraction of sp³-hybridized carbons (Fsp3) is 0.900. The summed E-state index contributed by atoms with van der Waals surface area (Å²) in [6.07, 6.45) is -0.112. The van der Waals surface area contributed by atoms with E-state index in [4.69, 9.17) is 9.84 Å². The summed E-state index contributed by atoms with van der Waals surface area (Å²) in [5.41, 5.74) is 0. The van der Waals surface area contributed by atoms with Gasteiger partial charge in [-0.3, -0.25) is 4.79 Å². The first kappa shape index (κ1) is 14.3. The highest BCUT2D eigenvalue weighted by atomic mass is 16.5. The molecule has 2 atom stereocenters. The molecule has 5 nitrogen and oxygen atoms in total. The minimum atomic E-state index is -0.881. The van der Waals surface area contributed by atoms with E-state index in [1.165, 1.54) is 7.11 Å². The van der Waals surface area contributed by atoms with Crippen LogP contribution in [0.5, 0.6) is 0 Å². The Labute approximate surface area is 90.4 Å². The normalized spacial score (nSPS) is 15.3. The molecule has 0 aliphatic carbocycles. The average molecular weight is 219 g/mol. The van der Waals surface area contributed by atoms with E-state index < -0.39 is 18.1 Å². The maximum atomic E-state index is 10.8. The molecule has 15 heavy (non-hydrogen) atoms. The fourth-order valence-corrected chi connectivity index (χ4v) is 1.27. The number of carboxylic acid groups (broad SMARTS) is 1. The summed E-state index contributed by atoms with van der Waals surface area (Å²) >= 11 is 0. The molecule has 0 aliphatic heterocycles. The number of aliphatic carboxylic acids is 1. The van der Waals surface area contributed by atoms with Crippen molar-refractivity contribution in [3.63, 3.8) is 0 Å². The number of aliphatic hydroxyl groups excluding tert-OH is 1. The van der Waals surface area contributed by atoms with Crippen LogP contribution in [-0.4, -0.2) is 48.6 Å². The van der Waals surface area contributed by atoms with Crippen molar-refractivity contribution in [1.82, 2.24) is 5.32 Å². The zero-order valence-electron chi connectivity index (χ0n) is 9.56. The van der Waals surface area contributed by atoms with E-state index >= 15 is 0 Å². The van der Waals surface area contributed by atoms with Gasteiger partial charge >= 0.3 is 5.97 Å². The highest BCUT2D eigenvalue weighted by Gasteiger charge is 2.19. The molecule has 0 saturated heterocycles. The molecule has 3 N–H and O–H groups in total. The Bertz CT molecular complexity index is 184. The van der Waals surface area contributed by atoms with Crippen molar-refractivity contribution in [3.8, 4) is 0 Å². The fourth-order valence-electron chi connectivity index (χ4n) is 1.27. The molecule has 0 rings (SSSR count). The molecule has 0 amide bonds. The zero-order valence-corrected chi connectivity index (χ0v) is 9.56. The lowest BCUT2D eigenvalue weighted by atomic mass is 10.0. The molecule has 5 heteroatoms. The molecule has 0 aromatic carbocycles. The smallest absolute Gasteiger partial charge is 0.320 e. The Morgan fingerprint density at radius 3 is 2.47 bits per heavy atom. The van der Waals surface area contributed by atoms with Gasteiger partial charge in [0.25, 0.3) is 0 Å². The van der Waals surface area contributed by atoms with E-state index in [-0.39, 0.29) is 13.2 Å². The summed E-state index contributed by atoms with van der Waals surface area (Å²) < 4.78 is 4.74. The maximum Gasteiger partial charge on any atom is 0.320 e. The van der Waals surface area contributed by atoms with E-state index in [0.29, 0.717) is 12.3 Å². The summed E-state index contributed by atoms with van der Waals surface area (Å²) in [6, 6.07) is -0.600. The molecule has 0 fully saturated rings. The van der Waals surface area contributed by atoms with Crippen molar-refractivity contribution in [2.45, 2.75) is 32.4 Å². The molecule has 0 spiro atoms. The number of hydrogen-bond acceptors (Lipinski definition) is 4.